The number of carboxylic acid groups (broad SMARTS) is 1. The molecule has 1 aliphatic carbocycles. The molecule has 8 heteroatoms. The molecule has 20 heavy (non-hydrogen) atoms. The molecule has 0 spiro atoms. The van der Waals surface area contributed by atoms with Gasteiger partial charge in [0.25, 0.3) is 5.69 Å². The minimum atomic E-state index is -1.39. The van der Waals surface area contributed by atoms with Crippen molar-refractivity contribution in [1.29, 1.82) is 0 Å². The number of carboxylic acids is 1. The Morgan fingerprint density at radius 2 is 2.05 bits per heavy atom. The van der Waals surface area contributed by atoms with Crippen LogP contribution in [0, 0.1) is 22.5 Å². The maximum absolute atomic E-state index is 12.0. The summed E-state index contributed by atoms with van der Waals surface area (Å²) in [5.41, 5.74) is -0.887. The minimum absolute atomic E-state index is 0.135. The van der Waals surface area contributed by atoms with Crippen molar-refractivity contribution in [2.75, 3.05) is 5.32 Å². The van der Waals surface area contributed by atoms with Crippen molar-refractivity contribution in [1.82, 2.24) is 0 Å². The van der Waals surface area contributed by atoms with E-state index in [0.29, 0.717) is 10.0 Å². The first kappa shape index (κ1) is 14.4. The molecule has 106 valence electrons. The van der Waals surface area contributed by atoms with E-state index in [0.717, 1.165) is 0 Å². The monoisotopic (exact) mass is 342 g/mol. The van der Waals surface area contributed by atoms with Crippen LogP contribution in [-0.4, -0.2) is 21.9 Å². The lowest BCUT2D eigenvalue weighted by atomic mass is 10.1. The van der Waals surface area contributed by atoms with Crippen LogP contribution < -0.4 is 5.32 Å². The fourth-order valence-corrected chi connectivity index (χ4v) is 2.42. The Labute approximate surface area is 122 Å². The SMILES string of the molecule is Cc1cc(Br)c(NC(=O)C2(C(=O)O)CC2)cc1[N+](=O)[O-]. The van der Waals surface area contributed by atoms with Gasteiger partial charge in [-0.05, 0) is 41.8 Å². The Kier molecular flexibility index (Phi) is 3.51. The lowest BCUT2D eigenvalue weighted by molar-refractivity contribution is -0.385. The van der Waals surface area contributed by atoms with E-state index in [4.69, 9.17) is 5.11 Å². The van der Waals surface area contributed by atoms with Crippen LogP contribution in [0.3, 0.4) is 0 Å². The van der Waals surface area contributed by atoms with E-state index in [1.807, 2.05) is 0 Å². The molecule has 0 aromatic heterocycles. The summed E-state index contributed by atoms with van der Waals surface area (Å²) in [4.78, 5) is 33.3. The molecule has 2 N–H and O–H groups in total. The second-order valence-electron chi connectivity index (χ2n) is 4.72. The van der Waals surface area contributed by atoms with Crippen molar-refractivity contribution in [2.24, 2.45) is 5.41 Å². The number of aliphatic carboxylic acids is 1. The van der Waals surface area contributed by atoms with Gasteiger partial charge in [0.15, 0.2) is 0 Å². The van der Waals surface area contributed by atoms with E-state index in [-0.39, 0.29) is 24.2 Å². The maximum Gasteiger partial charge on any atom is 0.319 e. The Balaban J connectivity index is 2.30. The lowest BCUT2D eigenvalue weighted by Crippen LogP contribution is -2.31. The standard InChI is InChI=1S/C12H11BrN2O5/c1-6-4-7(13)8(5-9(6)15(19)20)14-10(16)12(2-3-12)11(17)18/h4-5H,2-3H2,1H3,(H,14,16)(H,17,18). The molecule has 0 saturated heterocycles. The topological polar surface area (TPSA) is 110 Å². The van der Waals surface area contributed by atoms with Crippen molar-refractivity contribution < 1.29 is 19.6 Å². The Bertz CT molecular complexity index is 625. The first-order chi connectivity index (χ1) is 9.28. The molecule has 0 heterocycles. The summed E-state index contributed by atoms with van der Waals surface area (Å²) in [6.07, 6.45) is 0.555. The maximum atomic E-state index is 12.0. The smallest absolute Gasteiger partial charge is 0.319 e. The Morgan fingerprint density at radius 3 is 2.50 bits per heavy atom. The minimum Gasteiger partial charge on any atom is -0.480 e. The number of amides is 1. The number of aryl methyl sites for hydroxylation is 1. The molecular formula is C12H11BrN2O5. The summed E-state index contributed by atoms with van der Waals surface area (Å²) in [7, 11) is 0. The third-order valence-corrected chi connectivity index (χ3v) is 3.98. The van der Waals surface area contributed by atoms with Gasteiger partial charge in [-0.1, -0.05) is 0 Å². The third kappa shape index (κ3) is 2.38. The fourth-order valence-electron chi connectivity index (χ4n) is 1.86. The average Bonchev–Trinajstić information content (AvgIpc) is 3.13. The van der Waals surface area contributed by atoms with Gasteiger partial charge in [0.05, 0.1) is 10.6 Å². The molecular weight excluding hydrogens is 332 g/mol. The van der Waals surface area contributed by atoms with Gasteiger partial charge in [-0.25, -0.2) is 0 Å². The Hall–Kier alpha value is -1.96. The molecule has 1 fully saturated rings. The molecule has 0 radical (unpaired) electrons. The molecule has 1 aromatic carbocycles. The average molecular weight is 343 g/mol. The highest BCUT2D eigenvalue weighted by molar-refractivity contribution is 9.10. The van der Waals surface area contributed by atoms with E-state index in [1.165, 1.54) is 12.1 Å². The van der Waals surface area contributed by atoms with Gasteiger partial charge < -0.3 is 10.4 Å². The fraction of sp³-hybridized carbons (Fsp3) is 0.333. The predicted octanol–water partition coefficient (Wildman–Crippen LogP) is 2.47. The zero-order valence-corrected chi connectivity index (χ0v) is 12.1. The number of nitro groups is 1. The van der Waals surface area contributed by atoms with Crippen molar-refractivity contribution in [2.45, 2.75) is 19.8 Å². The summed E-state index contributed by atoms with van der Waals surface area (Å²) in [5.74, 6) is -1.82. The van der Waals surface area contributed by atoms with Gasteiger partial charge >= 0.3 is 5.97 Å². The number of hydrogen-bond donors (Lipinski definition) is 2. The van der Waals surface area contributed by atoms with Crippen LogP contribution in [0.5, 0.6) is 0 Å². The summed E-state index contributed by atoms with van der Waals surface area (Å²) < 4.78 is 0.468. The number of carbonyl (C=O) groups excluding carboxylic acids is 1. The highest BCUT2D eigenvalue weighted by Gasteiger charge is 2.57. The number of nitrogens with one attached hydrogen (secondary N) is 1. The zero-order chi connectivity index (χ0) is 15.1. The number of rotatable bonds is 4. The summed E-state index contributed by atoms with van der Waals surface area (Å²) in [6.45, 7) is 1.58. The lowest BCUT2D eigenvalue weighted by Gasteiger charge is -2.12. The van der Waals surface area contributed by atoms with Crippen molar-refractivity contribution >= 4 is 39.2 Å². The highest BCUT2D eigenvalue weighted by Crippen LogP contribution is 2.47. The van der Waals surface area contributed by atoms with Crippen LogP contribution in [0.1, 0.15) is 18.4 Å². The molecule has 1 aliphatic rings. The van der Waals surface area contributed by atoms with Gasteiger partial charge in [-0.3, -0.25) is 19.7 Å². The van der Waals surface area contributed by atoms with Gasteiger partial charge in [0.1, 0.15) is 5.41 Å². The molecule has 0 atom stereocenters. The molecule has 0 unspecified atom stereocenters. The molecule has 0 aliphatic heterocycles. The van der Waals surface area contributed by atoms with Crippen LogP contribution in [0.15, 0.2) is 16.6 Å². The molecule has 1 aromatic rings. The first-order valence-corrected chi connectivity index (χ1v) is 6.56. The molecule has 7 nitrogen and oxygen atoms in total. The number of nitrogens with zero attached hydrogens (tertiary/aromatic N) is 1. The van der Waals surface area contributed by atoms with Crippen LogP contribution in [-0.2, 0) is 9.59 Å². The van der Waals surface area contributed by atoms with E-state index < -0.39 is 22.2 Å². The van der Waals surface area contributed by atoms with Gasteiger partial charge in [-0.15, -0.1) is 0 Å². The number of carbonyl (C=O) groups is 2. The number of benzene rings is 1. The van der Waals surface area contributed by atoms with Crippen molar-refractivity contribution in [3.63, 3.8) is 0 Å². The molecule has 1 amide bonds. The van der Waals surface area contributed by atoms with E-state index in [1.54, 1.807) is 6.92 Å². The third-order valence-electron chi connectivity index (χ3n) is 3.32. The largest absolute Gasteiger partial charge is 0.480 e. The Morgan fingerprint density at radius 1 is 1.45 bits per heavy atom. The summed E-state index contributed by atoms with van der Waals surface area (Å²) in [5, 5.41) is 22.3. The second kappa shape index (κ2) is 4.86. The van der Waals surface area contributed by atoms with Crippen LogP contribution in [0.25, 0.3) is 0 Å². The van der Waals surface area contributed by atoms with E-state index >= 15 is 0 Å². The quantitative estimate of drug-likeness (QED) is 0.496. The zero-order valence-electron chi connectivity index (χ0n) is 10.5. The number of halogens is 1. The van der Waals surface area contributed by atoms with Crippen LogP contribution >= 0.6 is 15.9 Å². The van der Waals surface area contributed by atoms with Gasteiger partial charge in [0, 0.05) is 16.1 Å². The number of nitro benzene ring substituents is 1. The van der Waals surface area contributed by atoms with Gasteiger partial charge in [0.2, 0.25) is 5.91 Å². The summed E-state index contributed by atoms with van der Waals surface area (Å²) in [6, 6.07) is 2.73. The molecule has 1 saturated carbocycles. The predicted molar refractivity (Wildman–Crippen MR) is 73.5 cm³/mol. The van der Waals surface area contributed by atoms with Crippen molar-refractivity contribution in [3.05, 3.63) is 32.3 Å². The second-order valence-corrected chi connectivity index (χ2v) is 5.57. The van der Waals surface area contributed by atoms with E-state index in [2.05, 4.69) is 21.2 Å². The van der Waals surface area contributed by atoms with E-state index in [9.17, 15) is 19.7 Å². The normalized spacial score (nSPS) is 15.5. The van der Waals surface area contributed by atoms with Crippen molar-refractivity contribution in [3.8, 4) is 0 Å². The van der Waals surface area contributed by atoms with Crippen LogP contribution in [0.2, 0.25) is 0 Å². The molecule has 0 bridgehead atoms. The molecule has 2 rings (SSSR count). The van der Waals surface area contributed by atoms with Gasteiger partial charge in [-0.2, -0.15) is 0 Å². The first-order valence-electron chi connectivity index (χ1n) is 5.77. The number of anilines is 1. The number of hydrogen-bond acceptors (Lipinski definition) is 4. The summed E-state index contributed by atoms with van der Waals surface area (Å²) >= 11 is 3.20. The highest BCUT2D eigenvalue weighted by atomic mass is 79.9. The van der Waals surface area contributed by atoms with Crippen LogP contribution in [0.4, 0.5) is 11.4 Å².